The Labute approximate surface area is 131 Å². The number of nitrogens with zero attached hydrogens (tertiary/aromatic N) is 3. The fourth-order valence-corrected chi connectivity index (χ4v) is 2.31. The predicted molar refractivity (Wildman–Crippen MR) is 81.7 cm³/mol. The predicted octanol–water partition coefficient (Wildman–Crippen LogP) is 1.95. The number of rotatable bonds is 5. The molecule has 2 rings (SSSR count). The number of carbonyl (C=O) groups is 1. The topological polar surface area (TPSA) is 80.5 Å². The molecule has 0 unspecified atom stereocenters. The van der Waals surface area contributed by atoms with Crippen molar-refractivity contribution in [3.8, 4) is 0 Å². The molecule has 2 heterocycles. The highest BCUT2D eigenvalue weighted by Gasteiger charge is 2.32. The SMILES string of the molecule is CC[C@@]1(C)CN(C(=O)NCCc2nc(C(C)C)no2)CCO1. The number of urea groups is 1. The van der Waals surface area contributed by atoms with Gasteiger partial charge in [0.15, 0.2) is 5.82 Å². The first kappa shape index (κ1) is 16.7. The van der Waals surface area contributed by atoms with Crippen LogP contribution in [0.3, 0.4) is 0 Å². The lowest BCUT2D eigenvalue weighted by Crippen LogP contribution is -2.54. The summed E-state index contributed by atoms with van der Waals surface area (Å²) in [7, 11) is 0. The van der Waals surface area contributed by atoms with Gasteiger partial charge < -0.3 is 19.5 Å². The standard InChI is InChI=1S/C15H26N4O3/c1-5-15(4)10-19(8-9-21-15)14(20)16-7-6-12-17-13(11(2)3)18-22-12/h11H,5-10H2,1-4H3,(H,16,20)/t15-/m0/s1. The van der Waals surface area contributed by atoms with Crippen molar-refractivity contribution in [3.63, 3.8) is 0 Å². The Kier molecular flexibility index (Phi) is 5.39. The lowest BCUT2D eigenvalue weighted by Gasteiger charge is -2.39. The molecule has 0 radical (unpaired) electrons. The van der Waals surface area contributed by atoms with Crippen LogP contribution < -0.4 is 5.32 Å². The molecule has 0 aromatic carbocycles. The minimum absolute atomic E-state index is 0.0634. The van der Waals surface area contributed by atoms with Crippen LogP contribution in [0.25, 0.3) is 0 Å². The van der Waals surface area contributed by atoms with Crippen molar-refractivity contribution < 1.29 is 14.1 Å². The number of amides is 2. The monoisotopic (exact) mass is 310 g/mol. The van der Waals surface area contributed by atoms with Gasteiger partial charge in [0.05, 0.1) is 18.8 Å². The Hall–Kier alpha value is -1.63. The van der Waals surface area contributed by atoms with E-state index in [1.165, 1.54) is 0 Å². The molecular weight excluding hydrogens is 284 g/mol. The molecule has 0 bridgehead atoms. The molecule has 0 spiro atoms. The Morgan fingerprint density at radius 2 is 2.27 bits per heavy atom. The third kappa shape index (κ3) is 4.19. The van der Waals surface area contributed by atoms with Gasteiger partial charge in [-0.3, -0.25) is 0 Å². The maximum Gasteiger partial charge on any atom is 0.317 e. The molecule has 1 aliphatic heterocycles. The van der Waals surface area contributed by atoms with Gasteiger partial charge in [-0.15, -0.1) is 0 Å². The Bertz CT molecular complexity index is 503. The summed E-state index contributed by atoms with van der Waals surface area (Å²) in [5, 5.41) is 6.81. The first-order valence-corrected chi connectivity index (χ1v) is 7.93. The van der Waals surface area contributed by atoms with Crippen LogP contribution >= 0.6 is 0 Å². The summed E-state index contributed by atoms with van der Waals surface area (Å²) in [6.07, 6.45) is 1.43. The Balaban J connectivity index is 1.77. The number of ether oxygens (including phenoxy) is 1. The van der Waals surface area contributed by atoms with E-state index in [4.69, 9.17) is 9.26 Å². The van der Waals surface area contributed by atoms with E-state index in [0.717, 1.165) is 6.42 Å². The second-order valence-corrected chi connectivity index (χ2v) is 6.26. The van der Waals surface area contributed by atoms with Crippen LogP contribution in [0.5, 0.6) is 0 Å². The summed E-state index contributed by atoms with van der Waals surface area (Å²) in [5.74, 6) is 1.50. The van der Waals surface area contributed by atoms with Crippen molar-refractivity contribution in [1.82, 2.24) is 20.4 Å². The molecule has 1 aliphatic rings. The second-order valence-electron chi connectivity index (χ2n) is 6.26. The normalized spacial score (nSPS) is 22.1. The number of aromatic nitrogens is 2. The highest BCUT2D eigenvalue weighted by Crippen LogP contribution is 2.20. The van der Waals surface area contributed by atoms with Gasteiger partial charge in [-0.05, 0) is 13.3 Å². The molecule has 22 heavy (non-hydrogen) atoms. The van der Waals surface area contributed by atoms with Crippen molar-refractivity contribution in [2.75, 3.05) is 26.2 Å². The quantitative estimate of drug-likeness (QED) is 0.899. The van der Waals surface area contributed by atoms with Gasteiger partial charge in [-0.25, -0.2) is 4.79 Å². The highest BCUT2D eigenvalue weighted by atomic mass is 16.5. The molecular formula is C15H26N4O3. The summed E-state index contributed by atoms with van der Waals surface area (Å²) in [5.41, 5.74) is -0.242. The molecule has 124 valence electrons. The van der Waals surface area contributed by atoms with Crippen LogP contribution in [0, 0.1) is 0 Å². The molecule has 0 aliphatic carbocycles. The smallest absolute Gasteiger partial charge is 0.317 e. The lowest BCUT2D eigenvalue weighted by atomic mass is 10.0. The average molecular weight is 310 g/mol. The van der Waals surface area contributed by atoms with Crippen LogP contribution in [-0.2, 0) is 11.2 Å². The van der Waals surface area contributed by atoms with Crippen molar-refractivity contribution in [3.05, 3.63) is 11.7 Å². The van der Waals surface area contributed by atoms with Gasteiger partial charge in [-0.2, -0.15) is 4.98 Å². The summed E-state index contributed by atoms with van der Waals surface area (Å²) in [6.45, 7) is 10.4. The molecule has 2 amide bonds. The molecule has 1 saturated heterocycles. The molecule has 1 N–H and O–H groups in total. The maximum atomic E-state index is 12.2. The third-order valence-electron chi connectivity index (χ3n) is 3.99. The molecule has 1 aromatic rings. The third-order valence-corrected chi connectivity index (χ3v) is 3.99. The van der Waals surface area contributed by atoms with Gasteiger partial charge >= 0.3 is 6.03 Å². The summed E-state index contributed by atoms with van der Waals surface area (Å²) in [4.78, 5) is 18.3. The van der Waals surface area contributed by atoms with Crippen LogP contribution in [0.4, 0.5) is 4.79 Å². The van der Waals surface area contributed by atoms with Crippen molar-refractivity contribution in [2.24, 2.45) is 0 Å². The van der Waals surface area contributed by atoms with E-state index in [9.17, 15) is 4.79 Å². The average Bonchev–Trinajstić information content (AvgIpc) is 2.96. The molecule has 0 saturated carbocycles. The minimum atomic E-state index is -0.242. The maximum absolute atomic E-state index is 12.2. The number of nitrogens with one attached hydrogen (secondary N) is 1. The van der Waals surface area contributed by atoms with E-state index in [1.54, 1.807) is 4.90 Å². The first-order valence-electron chi connectivity index (χ1n) is 7.93. The zero-order valence-electron chi connectivity index (χ0n) is 13.9. The molecule has 1 atom stereocenters. The van der Waals surface area contributed by atoms with Crippen LogP contribution in [0.2, 0.25) is 0 Å². The number of hydrogen-bond donors (Lipinski definition) is 1. The molecule has 7 nitrogen and oxygen atoms in total. The van der Waals surface area contributed by atoms with E-state index in [0.29, 0.717) is 44.4 Å². The van der Waals surface area contributed by atoms with E-state index in [2.05, 4.69) is 22.4 Å². The van der Waals surface area contributed by atoms with Gasteiger partial charge in [0.2, 0.25) is 5.89 Å². The van der Waals surface area contributed by atoms with Crippen LogP contribution in [0.1, 0.15) is 51.7 Å². The molecule has 7 heteroatoms. The summed E-state index contributed by atoms with van der Waals surface area (Å²) >= 11 is 0. The Morgan fingerprint density at radius 1 is 1.50 bits per heavy atom. The second kappa shape index (κ2) is 7.09. The van der Waals surface area contributed by atoms with Gasteiger partial charge in [0.1, 0.15) is 0 Å². The van der Waals surface area contributed by atoms with Crippen LogP contribution in [0.15, 0.2) is 4.52 Å². The van der Waals surface area contributed by atoms with Gasteiger partial charge in [-0.1, -0.05) is 25.9 Å². The summed E-state index contributed by atoms with van der Waals surface area (Å²) < 4.78 is 10.9. The van der Waals surface area contributed by atoms with E-state index < -0.39 is 0 Å². The van der Waals surface area contributed by atoms with E-state index >= 15 is 0 Å². The molecule has 1 aromatic heterocycles. The van der Waals surface area contributed by atoms with Crippen molar-refractivity contribution in [2.45, 2.75) is 52.1 Å². The Morgan fingerprint density at radius 3 is 2.91 bits per heavy atom. The number of hydrogen-bond acceptors (Lipinski definition) is 5. The first-order chi connectivity index (χ1) is 10.4. The zero-order valence-corrected chi connectivity index (χ0v) is 13.9. The largest absolute Gasteiger partial charge is 0.372 e. The van der Waals surface area contributed by atoms with Crippen molar-refractivity contribution >= 4 is 6.03 Å². The fourth-order valence-electron chi connectivity index (χ4n) is 2.31. The van der Waals surface area contributed by atoms with Crippen molar-refractivity contribution in [1.29, 1.82) is 0 Å². The molecule has 1 fully saturated rings. The van der Waals surface area contributed by atoms with Gasteiger partial charge in [0, 0.05) is 25.4 Å². The number of morpholine rings is 1. The summed E-state index contributed by atoms with van der Waals surface area (Å²) in [6, 6.07) is -0.0634. The fraction of sp³-hybridized carbons (Fsp3) is 0.800. The lowest BCUT2D eigenvalue weighted by molar-refractivity contribution is -0.0872. The van der Waals surface area contributed by atoms with E-state index in [-0.39, 0.29) is 17.6 Å². The van der Waals surface area contributed by atoms with E-state index in [1.807, 2.05) is 20.8 Å². The minimum Gasteiger partial charge on any atom is -0.372 e. The number of carbonyl (C=O) groups excluding carboxylic acids is 1. The van der Waals surface area contributed by atoms with Crippen LogP contribution in [-0.4, -0.2) is 52.9 Å². The zero-order chi connectivity index (χ0) is 16.2. The highest BCUT2D eigenvalue weighted by molar-refractivity contribution is 5.74. The van der Waals surface area contributed by atoms with Gasteiger partial charge in [0.25, 0.3) is 0 Å².